The number of hydrogen-bond acceptors (Lipinski definition) is 3. The van der Waals surface area contributed by atoms with Gasteiger partial charge in [0.15, 0.2) is 5.69 Å². The molecular formula is C14H12Br2ClN3O. The minimum absolute atomic E-state index is 0.119. The lowest BCUT2D eigenvalue weighted by atomic mass is 10.2. The number of carbonyl (C=O) groups is 1. The summed E-state index contributed by atoms with van der Waals surface area (Å²) in [4.78, 5) is 20.7. The third-order valence-electron chi connectivity index (χ3n) is 2.67. The Morgan fingerprint density at radius 1 is 1.33 bits per heavy atom. The smallest absolute Gasteiger partial charge is 0.275 e. The van der Waals surface area contributed by atoms with Gasteiger partial charge in [-0.3, -0.25) is 4.79 Å². The Balaban J connectivity index is 2.30. The van der Waals surface area contributed by atoms with Crippen LogP contribution in [0.15, 0.2) is 33.3 Å². The van der Waals surface area contributed by atoms with Crippen molar-refractivity contribution in [2.75, 3.05) is 5.32 Å². The summed E-state index contributed by atoms with van der Waals surface area (Å²) in [7, 11) is 0. The van der Waals surface area contributed by atoms with Crippen molar-refractivity contribution < 1.29 is 4.79 Å². The summed E-state index contributed by atoms with van der Waals surface area (Å²) in [6.45, 7) is 3.91. The van der Waals surface area contributed by atoms with Crippen LogP contribution in [-0.2, 0) is 0 Å². The zero-order valence-corrected chi connectivity index (χ0v) is 15.3. The molecule has 0 unspecified atom stereocenters. The van der Waals surface area contributed by atoms with E-state index in [0.29, 0.717) is 11.5 Å². The number of nitrogens with zero attached hydrogens (tertiary/aromatic N) is 2. The molecular weight excluding hydrogens is 421 g/mol. The van der Waals surface area contributed by atoms with Crippen LogP contribution < -0.4 is 5.32 Å². The lowest BCUT2D eigenvalue weighted by molar-refractivity contribution is 0.102. The van der Waals surface area contributed by atoms with Gasteiger partial charge in [-0.2, -0.15) is 0 Å². The van der Waals surface area contributed by atoms with Crippen LogP contribution in [0.2, 0.25) is 5.02 Å². The number of carbonyl (C=O) groups excluding carboxylic acids is 1. The summed E-state index contributed by atoms with van der Waals surface area (Å²) in [6, 6.07) is 5.46. The van der Waals surface area contributed by atoms with Crippen LogP contribution in [0, 0.1) is 0 Å². The molecule has 0 radical (unpaired) electrons. The van der Waals surface area contributed by atoms with Crippen LogP contribution in [0.25, 0.3) is 0 Å². The molecule has 21 heavy (non-hydrogen) atoms. The summed E-state index contributed by atoms with van der Waals surface area (Å²) < 4.78 is 1.68. The monoisotopic (exact) mass is 431 g/mol. The first kappa shape index (κ1) is 16.4. The van der Waals surface area contributed by atoms with Crippen LogP contribution in [0.4, 0.5) is 5.69 Å². The van der Waals surface area contributed by atoms with E-state index in [-0.39, 0.29) is 22.5 Å². The molecule has 7 heteroatoms. The van der Waals surface area contributed by atoms with Gasteiger partial charge in [0.1, 0.15) is 5.82 Å². The van der Waals surface area contributed by atoms with Crippen molar-refractivity contribution in [3.05, 3.63) is 49.9 Å². The van der Waals surface area contributed by atoms with Gasteiger partial charge in [-0.1, -0.05) is 41.4 Å². The second-order valence-electron chi connectivity index (χ2n) is 4.66. The van der Waals surface area contributed by atoms with Crippen LogP contribution in [0.1, 0.15) is 36.1 Å². The van der Waals surface area contributed by atoms with Crippen molar-refractivity contribution in [3.8, 4) is 0 Å². The maximum atomic E-state index is 12.3. The maximum Gasteiger partial charge on any atom is 0.275 e. The minimum Gasteiger partial charge on any atom is -0.320 e. The first-order chi connectivity index (χ1) is 9.88. The zero-order valence-electron chi connectivity index (χ0n) is 11.3. The number of hydrogen-bond donors (Lipinski definition) is 1. The third-order valence-corrected chi connectivity index (χ3v) is 4.10. The Kier molecular flexibility index (Phi) is 5.35. The largest absolute Gasteiger partial charge is 0.320 e. The predicted octanol–water partition coefficient (Wildman–Crippen LogP) is 5.03. The first-order valence-electron chi connectivity index (χ1n) is 6.17. The summed E-state index contributed by atoms with van der Waals surface area (Å²) in [6.07, 6.45) is 1.45. The number of halogens is 3. The second-order valence-corrected chi connectivity index (χ2v) is 6.83. The Hall–Kier alpha value is -0.980. The Bertz CT molecular complexity index is 692. The lowest BCUT2D eigenvalue weighted by Gasteiger charge is -2.10. The third kappa shape index (κ3) is 4.02. The number of benzene rings is 1. The van der Waals surface area contributed by atoms with Crippen LogP contribution in [0.5, 0.6) is 0 Å². The molecule has 1 N–H and O–H groups in total. The van der Waals surface area contributed by atoms with Crippen molar-refractivity contribution in [3.63, 3.8) is 0 Å². The summed E-state index contributed by atoms with van der Waals surface area (Å²) in [5.74, 6) is 0.333. The van der Waals surface area contributed by atoms with E-state index in [0.717, 1.165) is 8.95 Å². The highest BCUT2D eigenvalue weighted by Crippen LogP contribution is 2.27. The van der Waals surface area contributed by atoms with E-state index in [9.17, 15) is 4.79 Å². The van der Waals surface area contributed by atoms with Gasteiger partial charge in [-0.05, 0) is 34.1 Å². The average molecular weight is 434 g/mol. The number of amides is 1. The maximum absolute atomic E-state index is 12.3. The Morgan fingerprint density at radius 2 is 2.05 bits per heavy atom. The highest BCUT2D eigenvalue weighted by Gasteiger charge is 2.16. The van der Waals surface area contributed by atoms with E-state index in [1.54, 1.807) is 6.07 Å². The highest BCUT2D eigenvalue weighted by molar-refractivity contribution is 9.11. The Labute approximate surface area is 144 Å². The molecule has 110 valence electrons. The number of rotatable bonds is 3. The number of aromatic nitrogens is 2. The molecule has 1 heterocycles. The molecule has 1 aromatic carbocycles. The number of nitrogens with one attached hydrogen (secondary N) is 1. The van der Waals surface area contributed by atoms with Crippen molar-refractivity contribution in [1.29, 1.82) is 0 Å². The normalized spacial score (nSPS) is 10.8. The van der Waals surface area contributed by atoms with Crippen molar-refractivity contribution in [2.24, 2.45) is 0 Å². The molecule has 0 saturated carbocycles. The SMILES string of the molecule is CC(C)c1ncc(Cl)c(C(=O)Nc2ccc(Br)cc2Br)n1. The average Bonchev–Trinajstić information content (AvgIpc) is 2.42. The fraction of sp³-hybridized carbons (Fsp3) is 0.214. The van der Waals surface area contributed by atoms with Crippen molar-refractivity contribution >= 4 is 55.1 Å². The molecule has 0 aliphatic heterocycles. The van der Waals surface area contributed by atoms with Gasteiger partial charge < -0.3 is 5.32 Å². The molecule has 1 amide bonds. The molecule has 0 aliphatic carbocycles. The van der Waals surface area contributed by atoms with Crippen LogP contribution in [-0.4, -0.2) is 15.9 Å². The topological polar surface area (TPSA) is 54.9 Å². The van der Waals surface area contributed by atoms with E-state index < -0.39 is 0 Å². The molecule has 2 rings (SSSR count). The molecule has 0 fully saturated rings. The predicted molar refractivity (Wildman–Crippen MR) is 90.9 cm³/mol. The summed E-state index contributed by atoms with van der Waals surface area (Å²) in [5, 5.41) is 3.01. The van der Waals surface area contributed by atoms with Crippen molar-refractivity contribution in [2.45, 2.75) is 19.8 Å². The molecule has 0 saturated heterocycles. The van der Waals surface area contributed by atoms with E-state index in [2.05, 4.69) is 47.1 Å². The van der Waals surface area contributed by atoms with Crippen LogP contribution >= 0.6 is 43.5 Å². The molecule has 0 spiro atoms. The highest BCUT2D eigenvalue weighted by atomic mass is 79.9. The van der Waals surface area contributed by atoms with E-state index in [4.69, 9.17) is 11.6 Å². The lowest BCUT2D eigenvalue weighted by Crippen LogP contribution is -2.16. The summed E-state index contributed by atoms with van der Waals surface area (Å²) >= 11 is 12.8. The van der Waals surface area contributed by atoms with Crippen molar-refractivity contribution in [1.82, 2.24) is 9.97 Å². The zero-order chi connectivity index (χ0) is 15.6. The van der Waals surface area contributed by atoms with E-state index >= 15 is 0 Å². The summed E-state index contributed by atoms with van der Waals surface area (Å²) in [5.41, 5.74) is 0.814. The molecule has 1 aromatic heterocycles. The molecule has 0 bridgehead atoms. The minimum atomic E-state index is -0.368. The van der Waals surface area contributed by atoms with Gasteiger partial charge in [0.2, 0.25) is 0 Å². The van der Waals surface area contributed by atoms with Gasteiger partial charge in [0.05, 0.1) is 16.9 Å². The second kappa shape index (κ2) is 6.85. The van der Waals surface area contributed by atoms with Gasteiger partial charge in [0, 0.05) is 14.9 Å². The molecule has 0 aliphatic rings. The van der Waals surface area contributed by atoms with Gasteiger partial charge in [0.25, 0.3) is 5.91 Å². The standard InChI is InChI=1S/C14H12Br2ClN3O/c1-7(2)13-18-6-10(17)12(20-13)14(21)19-11-4-3-8(15)5-9(11)16/h3-7H,1-2H3,(H,19,21). The molecule has 4 nitrogen and oxygen atoms in total. The fourth-order valence-electron chi connectivity index (χ4n) is 1.59. The molecule has 0 atom stereocenters. The van der Waals surface area contributed by atoms with Gasteiger partial charge in [-0.25, -0.2) is 9.97 Å². The quantitative estimate of drug-likeness (QED) is 0.739. The van der Waals surface area contributed by atoms with Crippen LogP contribution in [0.3, 0.4) is 0 Å². The first-order valence-corrected chi connectivity index (χ1v) is 8.13. The number of anilines is 1. The molecule has 2 aromatic rings. The Morgan fingerprint density at radius 3 is 2.67 bits per heavy atom. The van der Waals surface area contributed by atoms with Gasteiger partial charge >= 0.3 is 0 Å². The van der Waals surface area contributed by atoms with E-state index in [1.807, 2.05) is 26.0 Å². The fourth-order valence-corrected chi connectivity index (χ4v) is 2.91. The van der Waals surface area contributed by atoms with Gasteiger partial charge in [-0.15, -0.1) is 0 Å². The van der Waals surface area contributed by atoms with E-state index in [1.165, 1.54) is 6.20 Å².